The molecular weight excluding hydrogens is 475 g/mol. The van der Waals surface area contributed by atoms with Crippen molar-refractivity contribution in [2.75, 3.05) is 26.7 Å². The van der Waals surface area contributed by atoms with E-state index in [1.807, 2.05) is 7.05 Å². The number of hydrogen-bond acceptors (Lipinski definition) is 3. The fourth-order valence-corrected chi connectivity index (χ4v) is 5.28. The molecule has 0 bridgehead atoms. The number of hydrogen-bond donors (Lipinski definition) is 2. The minimum Gasteiger partial charge on any atom is -0.377 e. The first kappa shape index (κ1) is 22.8. The number of ether oxygens (including phenoxy) is 1. The topological polar surface area (TPSA) is 48.9 Å². The molecule has 6 heteroatoms. The van der Waals surface area contributed by atoms with Gasteiger partial charge >= 0.3 is 0 Å². The van der Waals surface area contributed by atoms with Crippen molar-refractivity contribution in [3.05, 3.63) is 35.4 Å². The minimum absolute atomic E-state index is 0. The predicted molar refractivity (Wildman–Crippen MR) is 130 cm³/mol. The fourth-order valence-electron chi connectivity index (χ4n) is 5.28. The van der Waals surface area contributed by atoms with E-state index in [0.717, 1.165) is 32.1 Å². The zero-order valence-electron chi connectivity index (χ0n) is 18.1. The van der Waals surface area contributed by atoms with Crippen LogP contribution in [-0.4, -0.2) is 49.7 Å². The van der Waals surface area contributed by atoms with Crippen molar-refractivity contribution in [3.8, 4) is 0 Å². The average molecular weight is 512 g/mol. The molecule has 4 rings (SSSR count). The van der Waals surface area contributed by atoms with E-state index in [1.54, 1.807) is 0 Å². The van der Waals surface area contributed by atoms with Gasteiger partial charge in [0.25, 0.3) is 0 Å². The summed E-state index contributed by atoms with van der Waals surface area (Å²) in [5, 5.41) is 7.14. The molecule has 2 heterocycles. The number of likely N-dealkylation sites (tertiary alicyclic amines) is 1. The van der Waals surface area contributed by atoms with Gasteiger partial charge in [-0.1, -0.05) is 44.5 Å². The first-order valence-electron chi connectivity index (χ1n) is 11.0. The summed E-state index contributed by atoms with van der Waals surface area (Å²) in [6, 6.07) is 9.47. The number of aliphatic imine (C=N–C) groups is 1. The molecule has 2 aliphatic heterocycles. The number of halogens is 1. The highest BCUT2D eigenvalue weighted by atomic mass is 127. The summed E-state index contributed by atoms with van der Waals surface area (Å²) in [6.45, 7) is 9.86. The van der Waals surface area contributed by atoms with E-state index in [1.165, 1.54) is 43.5 Å². The van der Waals surface area contributed by atoms with Gasteiger partial charge in [0, 0.05) is 44.1 Å². The van der Waals surface area contributed by atoms with Crippen LogP contribution < -0.4 is 10.6 Å². The van der Waals surface area contributed by atoms with Crippen LogP contribution in [0.1, 0.15) is 50.7 Å². The van der Waals surface area contributed by atoms with Gasteiger partial charge in [0.1, 0.15) is 0 Å². The van der Waals surface area contributed by atoms with Crippen molar-refractivity contribution in [1.29, 1.82) is 0 Å². The number of nitrogens with one attached hydrogen (secondary N) is 2. The van der Waals surface area contributed by atoms with Crippen LogP contribution in [0.2, 0.25) is 0 Å². The predicted octanol–water partition coefficient (Wildman–Crippen LogP) is 3.77. The van der Waals surface area contributed by atoms with Crippen molar-refractivity contribution in [2.45, 2.75) is 64.8 Å². The van der Waals surface area contributed by atoms with Crippen LogP contribution in [0.3, 0.4) is 0 Å². The third-order valence-electron chi connectivity index (χ3n) is 6.95. The van der Waals surface area contributed by atoms with Gasteiger partial charge in [0.15, 0.2) is 5.96 Å². The SMILES string of the molecule is CN=C(NCc1ccc(CN2CCCCC2)cc1)NC1C2CCOC2C1(C)C.I. The molecule has 1 aromatic rings. The molecule has 2 N–H and O–H groups in total. The molecule has 2 saturated heterocycles. The van der Waals surface area contributed by atoms with E-state index >= 15 is 0 Å². The number of piperidine rings is 1. The Bertz CT molecular complexity index is 685. The Morgan fingerprint density at radius 3 is 2.52 bits per heavy atom. The van der Waals surface area contributed by atoms with Crippen molar-refractivity contribution >= 4 is 29.9 Å². The number of guanidine groups is 1. The second-order valence-corrected chi connectivity index (χ2v) is 9.27. The fraction of sp³-hybridized carbons (Fsp3) is 0.696. The summed E-state index contributed by atoms with van der Waals surface area (Å²) in [7, 11) is 1.85. The first-order chi connectivity index (χ1) is 13.6. The molecule has 1 saturated carbocycles. The third-order valence-corrected chi connectivity index (χ3v) is 6.95. The van der Waals surface area contributed by atoms with Crippen LogP contribution >= 0.6 is 24.0 Å². The zero-order chi connectivity index (χ0) is 19.6. The quantitative estimate of drug-likeness (QED) is 0.359. The second kappa shape index (κ2) is 9.96. The van der Waals surface area contributed by atoms with Gasteiger partial charge in [0.05, 0.1) is 6.10 Å². The Kier molecular flexibility index (Phi) is 7.84. The maximum atomic E-state index is 5.90. The molecule has 3 unspecified atom stereocenters. The summed E-state index contributed by atoms with van der Waals surface area (Å²) in [6.07, 6.45) is 5.64. The van der Waals surface area contributed by atoms with Gasteiger partial charge in [-0.05, 0) is 43.5 Å². The summed E-state index contributed by atoms with van der Waals surface area (Å²) in [4.78, 5) is 7.02. The highest BCUT2D eigenvalue weighted by Crippen LogP contribution is 2.52. The Morgan fingerprint density at radius 1 is 1.14 bits per heavy atom. The Balaban J connectivity index is 0.00000240. The number of rotatable bonds is 5. The monoisotopic (exact) mass is 512 g/mol. The molecule has 0 radical (unpaired) electrons. The molecule has 3 atom stereocenters. The first-order valence-corrected chi connectivity index (χ1v) is 11.0. The summed E-state index contributed by atoms with van der Waals surface area (Å²) in [5.74, 6) is 1.50. The van der Waals surface area contributed by atoms with Gasteiger partial charge in [-0.3, -0.25) is 9.89 Å². The number of fused-ring (bicyclic) bond motifs is 1. The Labute approximate surface area is 193 Å². The lowest BCUT2D eigenvalue weighted by atomic mass is 9.57. The second-order valence-electron chi connectivity index (χ2n) is 9.27. The van der Waals surface area contributed by atoms with Gasteiger partial charge < -0.3 is 15.4 Å². The lowest BCUT2D eigenvalue weighted by molar-refractivity contribution is -0.106. The van der Waals surface area contributed by atoms with E-state index < -0.39 is 0 Å². The van der Waals surface area contributed by atoms with Crippen LogP contribution in [0.4, 0.5) is 0 Å². The standard InChI is InChI=1S/C23H36N4O.HI/c1-23(2)20(19-11-14-28-21(19)23)26-22(24-3)25-15-17-7-9-18(10-8-17)16-27-12-5-4-6-13-27;/h7-10,19-21H,4-6,11-16H2,1-3H3,(H2,24,25,26);1H. The van der Waals surface area contributed by atoms with Crippen LogP contribution in [0, 0.1) is 11.3 Å². The molecule has 0 spiro atoms. The van der Waals surface area contributed by atoms with E-state index in [2.05, 4.69) is 58.6 Å². The van der Waals surface area contributed by atoms with E-state index in [-0.39, 0.29) is 29.4 Å². The zero-order valence-corrected chi connectivity index (χ0v) is 20.4. The highest BCUT2D eigenvalue weighted by molar-refractivity contribution is 14.0. The molecule has 5 nitrogen and oxygen atoms in total. The Morgan fingerprint density at radius 2 is 1.83 bits per heavy atom. The van der Waals surface area contributed by atoms with Crippen LogP contribution in [-0.2, 0) is 17.8 Å². The normalized spacial score (nSPS) is 28.8. The van der Waals surface area contributed by atoms with Crippen molar-refractivity contribution in [3.63, 3.8) is 0 Å². The summed E-state index contributed by atoms with van der Waals surface area (Å²) >= 11 is 0. The maximum Gasteiger partial charge on any atom is 0.191 e. The molecule has 29 heavy (non-hydrogen) atoms. The molecule has 3 fully saturated rings. The molecule has 0 amide bonds. The molecule has 1 aliphatic carbocycles. The van der Waals surface area contributed by atoms with E-state index in [9.17, 15) is 0 Å². The molecule has 0 aromatic heterocycles. The third kappa shape index (κ3) is 5.07. The smallest absolute Gasteiger partial charge is 0.191 e. The number of nitrogens with zero attached hydrogens (tertiary/aromatic N) is 2. The van der Waals surface area contributed by atoms with Gasteiger partial charge in [-0.15, -0.1) is 24.0 Å². The largest absolute Gasteiger partial charge is 0.377 e. The van der Waals surface area contributed by atoms with Crippen molar-refractivity contribution < 1.29 is 4.74 Å². The lowest BCUT2D eigenvalue weighted by Crippen LogP contribution is -2.67. The van der Waals surface area contributed by atoms with Crippen molar-refractivity contribution in [1.82, 2.24) is 15.5 Å². The van der Waals surface area contributed by atoms with E-state index in [4.69, 9.17) is 4.74 Å². The van der Waals surface area contributed by atoms with Crippen LogP contribution in [0.15, 0.2) is 29.3 Å². The van der Waals surface area contributed by atoms with Gasteiger partial charge in [-0.2, -0.15) is 0 Å². The highest BCUT2D eigenvalue weighted by Gasteiger charge is 2.59. The number of benzene rings is 1. The minimum atomic E-state index is 0. The summed E-state index contributed by atoms with van der Waals surface area (Å²) < 4.78 is 5.90. The van der Waals surface area contributed by atoms with Crippen LogP contribution in [0.25, 0.3) is 0 Å². The maximum absolute atomic E-state index is 5.90. The van der Waals surface area contributed by atoms with Crippen molar-refractivity contribution in [2.24, 2.45) is 16.3 Å². The average Bonchev–Trinajstić information content (AvgIpc) is 3.17. The lowest BCUT2D eigenvalue weighted by Gasteiger charge is -2.54. The molecule has 3 aliphatic rings. The van der Waals surface area contributed by atoms with Crippen LogP contribution in [0.5, 0.6) is 0 Å². The van der Waals surface area contributed by atoms with Gasteiger partial charge in [0.2, 0.25) is 0 Å². The Hall–Kier alpha value is -0.860. The summed E-state index contributed by atoms with van der Waals surface area (Å²) in [5.41, 5.74) is 2.87. The molecular formula is C23H37IN4O. The van der Waals surface area contributed by atoms with E-state index in [0.29, 0.717) is 18.1 Å². The van der Waals surface area contributed by atoms with Gasteiger partial charge in [-0.25, -0.2) is 0 Å². The molecule has 162 valence electrons. The molecule has 1 aromatic carbocycles.